The van der Waals surface area contributed by atoms with Crippen molar-refractivity contribution in [3.05, 3.63) is 0 Å². The smallest absolute Gasteiger partial charge is 0.0543 e. The van der Waals surface area contributed by atoms with E-state index in [-0.39, 0.29) is 6.10 Å². The molecule has 0 amide bonds. The zero-order valence-electron chi connectivity index (χ0n) is 6.64. The van der Waals surface area contributed by atoms with Gasteiger partial charge < -0.3 is 5.11 Å². The molecule has 1 spiro atoms. The van der Waals surface area contributed by atoms with Gasteiger partial charge in [-0.2, -0.15) is 0 Å². The Bertz CT molecular complexity index is 138. The Labute approximate surface area is 62.4 Å². The van der Waals surface area contributed by atoms with E-state index in [0.717, 1.165) is 18.8 Å². The molecule has 10 heavy (non-hydrogen) atoms. The van der Waals surface area contributed by atoms with Crippen LogP contribution in [0.4, 0.5) is 0 Å². The quantitative estimate of drug-likeness (QED) is 0.545. The van der Waals surface area contributed by atoms with Gasteiger partial charge in [0.05, 0.1) is 6.10 Å². The largest absolute Gasteiger partial charge is 0.393 e. The van der Waals surface area contributed by atoms with Gasteiger partial charge in [-0.3, -0.25) is 0 Å². The molecule has 0 saturated heterocycles. The first kappa shape index (κ1) is 6.66. The van der Waals surface area contributed by atoms with Crippen LogP contribution in [-0.2, 0) is 0 Å². The summed E-state index contributed by atoms with van der Waals surface area (Å²) in [6.07, 6.45) is 6.28. The van der Waals surface area contributed by atoms with Gasteiger partial charge in [-0.25, -0.2) is 0 Å². The maximum atomic E-state index is 9.34. The molecule has 1 N–H and O–H groups in total. The van der Waals surface area contributed by atoms with Crippen LogP contribution in [0.1, 0.15) is 39.0 Å². The number of rotatable bonds is 0. The standard InChI is InChI=1S/C9H16O/c1-7-6-8(10)2-3-9(7)4-5-9/h7-8,10H,2-6H2,1H3/t7?,8-/m0/s1. The molecular weight excluding hydrogens is 124 g/mol. The maximum absolute atomic E-state index is 9.34. The van der Waals surface area contributed by atoms with E-state index in [9.17, 15) is 5.11 Å². The predicted molar refractivity (Wildman–Crippen MR) is 40.7 cm³/mol. The van der Waals surface area contributed by atoms with Crippen LogP contribution in [0.5, 0.6) is 0 Å². The summed E-state index contributed by atoms with van der Waals surface area (Å²) in [4.78, 5) is 0. The second-order valence-electron chi connectivity index (χ2n) is 4.19. The van der Waals surface area contributed by atoms with E-state index < -0.39 is 0 Å². The second kappa shape index (κ2) is 1.97. The third-order valence-corrected chi connectivity index (χ3v) is 3.54. The summed E-state index contributed by atoms with van der Waals surface area (Å²) in [5.74, 6) is 0.788. The van der Waals surface area contributed by atoms with Crippen molar-refractivity contribution in [3.8, 4) is 0 Å². The van der Waals surface area contributed by atoms with Crippen LogP contribution in [0, 0.1) is 11.3 Å². The number of aliphatic hydroxyl groups excluding tert-OH is 1. The van der Waals surface area contributed by atoms with Crippen molar-refractivity contribution in [1.82, 2.24) is 0 Å². The Balaban J connectivity index is 2.01. The topological polar surface area (TPSA) is 20.2 Å². The average Bonchev–Trinajstić information content (AvgIpc) is 2.62. The summed E-state index contributed by atoms with van der Waals surface area (Å²) in [6, 6.07) is 0. The monoisotopic (exact) mass is 140 g/mol. The van der Waals surface area contributed by atoms with Crippen molar-refractivity contribution >= 4 is 0 Å². The highest BCUT2D eigenvalue weighted by Crippen LogP contribution is 2.59. The Morgan fingerprint density at radius 1 is 1.30 bits per heavy atom. The molecule has 2 aliphatic rings. The van der Waals surface area contributed by atoms with Gasteiger partial charge in [-0.1, -0.05) is 6.92 Å². The molecule has 2 fully saturated rings. The summed E-state index contributed by atoms with van der Waals surface area (Å²) >= 11 is 0. The van der Waals surface area contributed by atoms with Crippen molar-refractivity contribution in [2.45, 2.75) is 45.1 Å². The molecule has 0 aromatic carbocycles. The van der Waals surface area contributed by atoms with Crippen LogP contribution < -0.4 is 0 Å². The van der Waals surface area contributed by atoms with E-state index in [0.29, 0.717) is 5.41 Å². The summed E-state index contributed by atoms with van der Waals surface area (Å²) in [7, 11) is 0. The fraction of sp³-hybridized carbons (Fsp3) is 1.00. The predicted octanol–water partition coefficient (Wildman–Crippen LogP) is 1.95. The van der Waals surface area contributed by atoms with Crippen LogP contribution in [0.3, 0.4) is 0 Å². The summed E-state index contributed by atoms with van der Waals surface area (Å²) in [5.41, 5.74) is 0.708. The highest BCUT2D eigenvalue weighted by Gasteiger charge is 2.49. The lowest BCUT2D eigenvalue weighted by atomic mass is 9.76. The Hall–Kier alpha value is -0.0400. The van der Waals surface area contributed by atoms with Gasteiger partial charge in [0.1, 0.15) is 0 Å². The molecule has 1 heteroatoms. The van der Waals surface area contributed by atoms with Crippen molar-refractivity contribution in [3.63, 3.8) is 0 Å². The molecule has 0 aromatic rings. The minimum Gasteiger partial charge on any atom is -0.393 e. The van der Waals surface area contributed by atoms with Crippen molar-refractivity contribution in [2.24, 2.45) is 11.3 Å². The Kier molecular flexibility index (Phi) is 1.31. The summed E-state index contributed by atoms with van der Waals surface area (Å²) < 4.78 is 0. The first-order valence-electron chi connectivity index (χ1n) is 4.41. The SMILES string of the molecule is CC1C[C@@H](O)CCC12CC2. The molecule has 58 valence electrons. The first-order chi connectivity index (χ1) is 4.73. The van der Waals surface area contributed by atoms with E-state index in [2.05, 4.69) is 6.92 Å². The van der Waals surface area contributed by atoms with E-state index in [1.165, 1.54) is 19.3 Å². The zero-order chi connectivity index (χ0) is 7.19. The lowest BCUT2D eigenvalue weighted by Gasteiger charge is -2.31. The van der Waals surface area contributed by atoms with Crippen molar-refractivity contribution in [1.29, 1.82) is 0 Å². The van der Waals surface area contributed by atoms with Crippen molar-refractivity contribution in [2.75, 3.05) is 0 Å². The molecule has 0 aromatic heterocycles. The number of aliphatic hydroxyl groups is 1. The third kappa shape index (κ3) is 0.878. The van der Waals surface area contributed by atoms with Gasteiger partial charge in [-0.15, -0.1) is 0 Å². The van der Waals surface area contributed by atoms with Crippen LogP contribution in [-0.4, -0.2) is 11.2 Å². The molecule has 2 rings (SSSR count). The minimum atomic E-state index is 0.0150. The molecule has 2 atom stereocenters. The highest BCUT2D eigenvalue weighted by molar-refractivity contribution is 5.00. The van der Waals surface area contributed by atoms with Crippen molar-refractivity contribution < 1.29 is 5.11 Å². The van der Waals surface area contributed by atoms with Crippen LogP contribution >= 0.6 is 0 Å². The lowest BCUT2D eigenvalue weighted by Crippen LogP contribution is -2.26. The molecule has 0 bridgehead atoms. The van der Waals surface area contributed by atoms with E-state index in [4.69, 9.17) is 0 Å². The molecule has 1 nitrogen and oxygen atoms in total. The van der Waals surface area contributed by atoms with Gasteiger partial charge >= 0.3 is 0 Å². The Morgan fingerprint density at radius 2 is 2.00 bits per heavy atom. The molecule has 2 saturated carbocycles. The molecular formula is C9H16O. The van der Waals surface area contributed by atoms with E-state index in [1.54, 1.807) is 0 Å². The van der Waals surface area contributed by atoms with Gasteiger partial charge in [-0.05, 0) is 43.4 Å². The van der Waals surface area contributed by atoms with Crippen LogP contribution in [0.25, 0.3) is 0 Å². The molecule has 0 aliphatic heterocycles. The van der Waals surface area contributed by atoms with E-state index >= 15 is 0 Å². The normalized spacial score (nSPS) is 43.8. The average molecular weight is 140 g/mol. The highest BCUT2D eigenvalue weighted by atomic mass is 16.3. The van der Waals surface area contributed by atoms with E-state index in [1.807, 2.05) is 0 Å². The van der Waals surface area contributed by atoms with Crippen LogP contribution in [0.15, 0.2) is 0 Å². The number of hydrogen-bond donors (Lipinski definition) is 1. The maximum Gasteiger partial charge on any atom is 0.0543 e. The second-order valence-corrected chi connectivity index (χ2v) is 4.19. The molecule has 1 unspecified atom stereocenters. The Morgan fingerprint density at radius 3 is 2.50 bits per heavy atom. The first-order valence-corrected chi connectivity index (χ1v) is 4.41. The number of hydrogen-bond acceptors (Lipinski definition) is 1. The molecule has 0 heterocycles. The van der Waals surface area contributed by atoms with Gasteiger partial charge in [0.15, 0.2) is 0 Å². The summed E-state index contributed by atoms with van der Waals surface area (Å²) in [6.45, 7) is 2.30. The van der Waals surface area contributed by atoms with Crippen LogP contribution in [0.2, 0.25) is 0 Å². The van der Waals surface area contributed by atoms with Gasteiger partial charge in [0.2, 0.25) is 0 Å². The fourth-order valence-electron chi connectivity index (χ4n) is 2.38. The summed E-state index contributed by atoms with van der Waals surface area (Å²) in [5, 5.41) is 9.34. The van der Waals surface area contributed by atoms with Gasteiger partial charge in [0.25, 0.3) is 0 Å². The zero-order valence-corrected chi connectivity index (χ0v) is 6.64. The minimum absolute atomic E-state index is 0.0150. The third-order valence-electron chi connectivity index (χ3n) is 3.54. The molecule has 0 radical (unpaired) electrons. The lowest BCUT2D eigenvalue weighted by molar-refractivity contribution is 0.0658. The fourth-order valence-corrected chi connectivity index (χ4v) is 2.38. The molecule has 2 aliphatic carbocycles. The van der Waals surface area contributed by atoms with Gasteiger partial charge in [0, 0.05) is 0 Å².